The molecule has 4 nitrogen and oxygen atoms in total. The molecule has 2 atom stereocenters. The van der Waals surface area contributed by atoms with Gasteiger partial charge >= 0.3 is 0 Å². The summed E-state index contributed by atoms with van der Waals surface area (Å²) in [5.74, 6) is 0. The maximum absolute atomic E-state index is 10.4. The minimum atomic E-state index is -0.210. The van der Waals surface area contributed by atoms with Crippen LogP contribution in [0.2, 0.25) is 0 Å². The van der Waals surface area contributed by atoms with Crippen LogP contribution in [0.5, 0.6) is 0 Å². The van der Waals surface area contributed by atoms with Crippen LogP contribution in [0.3, 0.4) is 0 Å². The molecular weight excluding hydrogens is 274 g/mol. The summed E-state index contributed by atoms with van der Waals surface area (Å²) in [5, 5.41) is 29.4. The molecule has 0 fully saturated rings. The third-order valence-electron chi connectivity index (χ3n) is 3.84. The van der Waals surface area contributed by atoms with Crippen LogP contribution < -0.4 is 0 Å². The lowest BCUT2D eigenvalue weighted by Crippen LogP contribution is -2.26. The van der Waals surface area contributed by atoms with Crippen molar-refractivity contribution in [3.8, 4) is 12.1 Å². The summed E-state index contributed by atoms with van der Waals surface area (Å²) in [6.45, 7) is 3.81. The molecule has 2 rings (SSSR count). The van der Waals surface area contributed by atoms with Crippen molar-refractivity contribution >= 4 is 0 Å². The van der Waals surface area contributed by atoms with Gasteiger partial charge in [0.1, 0.15) is 0 Å². The molecule has 0 aliphatic rings. The molecular formula is C18H17N3O. The van der Waals surface area contributed by atoms with Crippen molar-refractivity contribution in [1.29, 1.82) is 10.5 Å². The molecule has 110 valence electrons. The van der Waals surface area contributed by atoms with Gasteiger partial charge in [-0.3, -0.25) is 0 Å². The first-order chi connectivity index (χ1) is 10.6. The van der Waals surface area contributed by atoms with Crippen molar-refractivity contribution in [2.75, 3.05) is 0 Å². The van der Waals surface area contributed by atoms with Gasteiger partial charge < -0.3 is 5.21 Å². The highest BCUT2D eigenvalue weighted by Gasteiger charge is 2.21. The number of nitriles is 2. The molecule has 0 aliphatic heterocycles. The molecule has 2 unspecified atom stereocenters. The Bertz CT molecular complexity index is 644. The third-order valence-corrected chi connectivity index (χ3v) is 3.84. The summed E-state index contributed by atoms with van der Waals surface area (Å²) in [5.41, 5.74) is 3.06. The quantitative estimate of drug-likeness (QED) is 0.866. The average Bonchev–Trinajstić information content (AvgIpc) is 2.60. The number of benzene rings is 2. The van der Waals surface area contributed by atoms with Gasteiger partial charge in [0.05, 0.1) is 35.3 Å². The Morgan fingerprint density at radius 3 is 1.36 bits per heavy atom. The molecule has 0 aliphatic carbocycles. The van der Waals surface area contributed by atoms with E-state index in [-0.39, 0.29) is 12.1 Å². The first kappa shape index (κ1) is 15.7. The highest BCUT2D eigenvalue weighted by atomic mass is 16.5. The van der Waals surface area contributed by atoms with Crippen LogP contribution >= 0.6 is 0 Å². The summed E-state index contributed by atoms with van der Waals surface area (Å²) >= 11 is 0. The van der Waals surface area contributed by atoms with Gasteiger partial charge in [-0.1, -0.05) is 24.3 Å². The maximum atomic E-state index is 10.4. The lowest BCUT2D eigenvalue weighted by atomic mass is 10.0. The molecule has 0 saturated heterocycles. The van der Waals surface area contributed by atoms with Crippen molar-refractivity contribution in [2.45, 2.75) is 25.9 Å². The molecule has 1 N–H and O–H groups in total. The minimum Gasteiger partial charge on any atom is -0.313 e. The standard InChI is InChI=1S/C18H17N3O/c1-13(17-7-3-15(11-19)4-8-17)21(22)14(2)18-9-5-16(12-20)6-10-18/h3-10,13-14,22H,1-2H3. The van der Waals surface area contributed by atoms with E-state index >= 15 is 0 Å². The second-order valence-electron chi connectivity index (χ2n) is 5.20. The number of hydrogen-bond acceptors (Lipinski definition) is 4. The first-order valence-electron chi connectivity index (χ1n) is 7.04. The highest BCUT2D eigenvalue weighted by molar-refractivity contribution is 5.34. The van der Waals surface area contributed by atoms with E-state index in [0.29, 0.717) is 11.1 Å². The van der Waals surface area contributed by atoms with Gasteiger partial charge in [-0.2, -0.15) is 15.6 Å². The summed E-state index contributed by atoms with van der Waals surface area (Å²) in [7, 11) is 0. The predicted molar refractivity (Wildman–Crippen MR) is 82.8 cm³/mol. The lowest BCUT2D eigenvalue weighted by molar-refractivity contribution is -0.155. The Kier molecular flexibility index (Phi) is 4.91. The van der Waals surface area contributed by atoms with Gasteiger partial charge in [0.2, 0.25) is 0 Å². The molecule has 0 radical (unpaired) electrons. The normalized spacial score (nSPS) is 13.2. The Labute approximate surface area is 130 Å². The van der Waals surface area contributed by atoms with Crippen LogP contribution in [-0.2, 0) is 0 Å². The van der Waals surface area contributed by atoms with Gasteiger partial charge in [-0.05, 0) is 49.2 Å². The second-order valence-corrected chi connectivity index (χ2v) is 5.20. The van der Waals surface area contributed by atoms with Crippen molar-refractivity contribution in [1.82, 2.24) is 5.06 Å². The van der Waals surface area contributed by atoms with E-state index in [0.717, 1.165) is 11.1 Å². The van der Waals surface area contributed by atoms with E-state index in [4.69, 9.17) is 10.5 Å². The predicted octanol–water partition coefficient (Wildman–Crippen LogP) is 3.94. The van der Waals surface area contributed by atoms with E-state index in [1.54, 1.807) is 24.3 Å². The zero-order valence-corrected chi connectivity index (χ0v) is 12.6. The van der Waals surface area contributed by atoms with Gasteiger partial charge in [0, 0.05) is 0 Å². The van der Waals surface area contributed by atoms with E-state index in [9.17, 15) is 5.21 Å². The molecule has 0 bridgehead atoms. The topological polar surface area (TPSA) is 71.1 Å². The van der Waals surface area contributed by atoms with E-state index in [1.807, 2.05) is 38.1 Å². The van der Waals surface area contributed by atoms with Crippen LogP contribution in [0.4, 0.5) is 0 Å². The van der Waals surface area contributed by atoms with E-state index < -0.39 is 0 Å². The van der Waals surface area contributed by atoms with Crippen LogP contribution in [0.15, 0.2) is 48.5 Å². The van der Waals surface area contributed by atoms with Gasteiger partial charge in [0.15, 0.2) is 0 Å². The smallest absolute Gasteiger partial charge is 0.0991 e. The molecule has 0 spiro atoms. The fourth-order valence-corrected chi connectivity index (χ4v) is 2.31. The molecule has 2 aromatic rings. The van der Waals surface area contributed by atoms with Gasteiger partial charge in [-0.25, -0.2) is 0 Å². The van der Waals surface area contributed by atoms with Crippen LogP contribution in [-0.4, -0.2) is 10.3 Å². The number of hydroxylamine groups is 2. The zero-order valence-electron chi connectivity index (χ0n) is 12.6. The number of hydrogen-bond donors (Lipinski definition) is 1. The van der Waals surface area contributed by atoms with Crippen molar-refractivity contribution in [3.63, 3.8) is 0 Å². The number of nitrogens with zero attached hydrogens (tertiary/aromatic N) is 3. The van der Waals surface area contributed by atoms with Gasteiger partial charge in [0.25, 0.3) is 0 Å². The Balaban J connectivity index is 2.16. The molecule has 0 saturated carbocycles. The molecule has 0 aromatic heterocycles. The summed E-state index contributed by atoms with van der Waals surface area (Å²) in [6, 6.07) is 18.1. The van der Waals surface area contributed by atoms with Crippen molar-refractivity contribution in [2.24, 2.45) is 0 Å². The third kappa shape index (κ3) is 3.32. The zero-order chi connectivity index (χ0) is 16.1. The molecule has 0 heterocycles. The average molecular weight is 291 g/mol. The van der Waals surface area contributed by atoms with Crippen LogP contribution in [0, 0.1) is 22.7 Å². The first-order valence-corrected chi connectivity index (χ1v) is 7.04. The largest absolute Gasteiger partial charge is 0.313 e. The van der Waals surface area contributed by atoms with Crippen molar-refractivity contribution in [3.05, 3.63) is 70.8 Å². The second kappa shape index (κ2) is 6.87. The summed E-state index contributed by atoms with van der Waals surface area (Å²) in [6.07, 6.45) is 0. The fourth-order valence-electron chi connectivity index (χ4n) is 2.31. The minimum absolute atomic E-state index is 0.210. The van der Waals surface area contributed by atoms with Crippen LogP contribution in [0.25, 0.3) is 0 Å². The monoisotopic (exact) mass is 291 g/mol. The van der Waals surface area contributed by atoms with Crippen LogP contribution in [0.1, 0.15) is 48.2 Å². The number of rotatable bonds is 4. The van der Waals surface area contributed by atoms with E-state index in [2.05, 4.69) is 12.1 Å². The lowest BCUT2D eigenvalue weighted by Gasteiger charge is -2.29. The molecule has 22 heavy (non-hydrogen) atoms. The summed E-state index contributed by atoms with van der Waals surface area (Å²) in [4.78, 5) is 0. The maximum Gasteiger partial charge on any atom is 0.0991 e. The van der Waals surface area contributed by atoms with Crippen molar-refractivity contribution < 1.29 is 5.21 Å². The molecule has 4 heteroatoms. The molecule has 0 amide bonds. The molecule has 2 aromatic carbocycles. The van der Waals surface area contributed by atoms with Gasteiger partial charge in [-0.15, -0.1) is 0 Å². The summed E-state index contributed by atoms with van der Waals surface area (Å²) < 4.78 is 0. The Morgan fingerprint density at radius 1 is 0.773 bits per heavy atom. The Hall–Kier alpha value is -2.66. The van der Waals surface area contributed by atoms with E-state index in [1.165, 1.54) is 5.06 Å². The Morgan fingerprint density at radius 2 is 1.09 bits per heavy atom. The highest BCUT2D eigenvalue weighted by Crippen LogP contribution is 2.28. The fraction of sp³-hybridized carbons (Fsp3) is 0.222. The SMILES string of the molecule is CC(c1ccc(C#N)cc1)N(O)C(C)c1ccc(C#N)cc1.